The van der Waals surface area contributed by atoms with E-state index in [4.69, 9.17) is 24.9 Å². The van der Waals surface area contributed by atoms with Gasteiger partial charge in [0.25, 0.3) is 0 Å². The van der Waals surface area contributed by atoms with Crippen LogP contribution in [0.2, 0.25) is 0 Å². The molecule has 11 aromatic rings. The Bertz CT molecular complexity index is 3530. The average Bonchev–Trinajstić information content (AvgIpc) is 3.81. The van der Waals surface area contributed by atoms with Crippen LogP contribution in [-0.2, 0) is 10.8 Å². The summed E-state index contributed by atoms with van der Waals surface area (Å²) in [4.78, 5) is 25.3. The maximum Gasteiger partial charge on any atom is 0.164 e. The Morgan fingerprint density at radius 2 is 0.514 bits per heavy atom. The average molecular weight is 924 g/mol. The molecule has 0 bridgehead atoms. The van der Waals surface area contributed by atoms with E-state index in [0.717, 1.165) is 50.6 Å². The number of benzene rings is 9. The molecule has 2 aromatic heterocycles. The van der Waals surface area contributed by atoms with Crippen molar-refractivity contribution in [2.45, 2.75) is 38.5 Å². The lowest BCUT2D eigenvalue weighted by molar-refractivity contribution is 0.660. The molecule has 0 aliphatic heterocycles. The molecule has 72 heavy (non-hydrogen) atoms. The van der Waals surface area contributed by atoms with E-state index >= 15 is 0 Å². The molecule has 0 N–H and O–H groups in total. The van der Waals surface area contributed by atoms with Gasteiger partial charge >= 0.3 is 0 Å². The first-order chi connectivity index (χ1) is 35.2. The monoisotopic (exact) mass is 923 g/mol. The highest BCUT2D eigenvalue weighted by molar-refractivity contribution is 5.88. The zero-order valence-corrected chi connectivity index (χ0v) is 40.6. The summed E-state index contributed by atoms with van der Waals surface area (Å²) in [5.41, 5.74) is 22.4. The van der Waals surface area contributed by atoms with E-state index < -0.39 is 0 Å². The molecule has 0 amide bonds. The van der Waals surface area contributed by atoms with Crippen LogP contribution in [0.1, 0.15) is 49.9 Å². The fourth-order valence-corrected chi connectivity index (χ4v) is 11.0. The van der Waals surface area contributed by atoms with Crippen LogP contribution in [0.25, 0.3) is 113 Å². The van der Waals surface area contributed by atoms with E-state index in [1.54, 1.807) is 0 Å². The van der Waals surface area contributed by atoms with Gasteiger partial charge in [-0.15, -0.1) is 0 Å². The van der Waals surface area contributed by atoms with Gasteiger partial charge in [-0.05, 0) is 103 Å². The van der Waals surface area contributed by atoms with Crippen molar-refractivity contribution < 1.29 is 0 Å². The fraction of sp³-hybridized carbons (Fsp3) is 0.0896. The van der Waals surface area contributed by atoms with Crippen LogP contribution >= 0.6 is 0 Å². The maximum absolute atomic E-state index is 5.17. The van der Waals surface area contributed by atoms with Crippen molar-refractivity contribution in [2.24, 2.45) is 0 Å². The zero-order chi connectivity index (χ0) is 48.6. The van der Waals surface area contributed by atoms with Gasteiger partial charge in [-0.3, -0.25) is 0 Å². The fourth-order valence-electron chi connectivity index (χ4n) is 11.0. The molecule has 5 heteroatoms. The van der Waals surface area contributed by atoms with Gasteiger partial charge in [-0.1, -0.05) is 216 Å². The molecule has 13 rings (SSSR count). The van der Waals surface area contributed by atoms with Gasteiger partial charge in [0, 0.05) is 44.2 Å². The van der Waals surface area contributed by atoms with E-state index in [1.165, 1.54) is 66.8 Å². The molecule has 9 aromatic carbocycles. The van der Waals surface area contributed by atoms with Crippen molar-refractivity contribution in [3.8, 4) is 113 Å². The van der Waals surface area contributed by atoms with Crippen molar-refractivity contribution in [2.75, 3.05) is 0 Å². The van der Waals surface area contributed by atoms with E-state index in [1.807, 2.05) is 60.7 Å². The van der Waals surface area contributed by atoms with Crippen LogP contribution in [0.5, 0.6) is 0 Å². The van der Waals surface area contributed by atoms with Gasteiger partial charge in [-0.25, -0.2) is 24.9 Å². The molecule has 0 saturated carbocycles. The Morgan fingerprint density at radius 3 is 0.944 bits per heavy atom. The standard InChI is InChI=1S/C67H49N5/c1-66(2)56-37-48(28-32-52(56)54-34-30-50(39-58(54)66)61-41-60(42-18-9-5-10-19-42)68-62(69-61)43-20-11-6-12-21-43)46-26-17-27-47(36-46)49-29-33-53-55-35-31-51(40-59(55)67(3,4)57(53)38-49)65-71-63(44-22-13-7-14-23-44)70-64(72-65)45-24-15-8-16-25-45/h5-41H,1-4H3. The van der Waals surface area contributed by atoms with E-state index in [2.05, 4.69) is 191 Å². The molecule has 2 aliphatic carbocycles. The van der Waals surface area contributed by atoms with Crippen LogP contribution in [0, 0.1) is 0 Å². The summed E-state index contributed by atoms with van der Waals surface area (Å²) in [6, 6.07) is 79.7. The van der Waals surface area contributed by atoms with Gasteiger partial charge in [0.1, 0.15) is 0 Å². The lowest BCUT2D eigenvalue weighted by Gasteiger charge is -2.23. The number of rotatable bonds is 8. The van der Waals surface area contributed by atoms with Gasteiger partial charge in [0.2, 0.25) is 0 Å². The highest BCUT2D eigenvalue weighted by Crippen LogP contribution is 2.52. The van der Waals surface area contributed by atoms with E-state index in [0.29, 0.717) is 17.5 Å². The maximum atomic E-state index is 5.17. The molecular weight excluding hydrogens is 875 g/mol. The highest BCUT2D eigenvalue weighted by Gasteiger charge is 2.38. The summed E-state index contributed by atoms with van der Waals surface area (Å²) in [6.45, 7) is 9.39. The van der Waals surface area contributed by atoms with Crippen LogP contribution in [0.4, 0.5) is 0 Å². The molecule has 0 atom stereocenters. The second-order valence-electron chi connectivity index (χ2n) is 20.1. The summed E-state index contributed by atoms with van der Waals surface area (Å²) >= 11 is 0. The van der Waals surface area contributed by atoms with Crippen molar-refractivity contribution in [3.05, 3.63) is 247 Å². The number of hydrogen-bond acceptors (Lipinski definition) is 5. The SMILES string of the molecule is CC1(C)c2cc(-c3cccc(-c4ccc5c(c4)C(C)(C)c4cc(-c6nc(-c7ccccc7)nc(-c7ccccc7)n6)ccc4-5)c3)ccc2-c2ccc(-c3cc(-c4ccccc4)nc(-c4ccccc4)n3)cc21. The number of aromatic nitrogens is 5. The first-order valence-electron chi connectivity index (χ1n) is 24.7. The summed E-state index contributed by atoms with van der Waals surface area (Å²) in [5, 5.41) is 0. The predicted molar refractivity (Wildman–Crippen MR) is 294 cm³/mol. The molecule has 0 radical (unpaired) electrons. The topological polar surface area (TPSA) is 64.5 Å². The van der Waals surface area contributed by atoms with Gasteiger partial charge in [0.15, 0.2) is 23.3 Å². The number of hydrogen-bond donors (Lipinski definition) is 0. The Kier molecular flexibility index (Phi) is 10.1. The lowest BCUT2D eigenvalue weighted by Crippen LogP contribution is -2.15. The van der Waals surface area contributed by atoms with E-state index in [9.17, 15) is 0 Å². The Morgan fingerprint density at radius 1 is 0.222 bits per heavy atom. The largest absolute Gasteiger partial charge is 0.228 e. The third-order valence-electron chi connectivity index (χ3n) is 15.0. The van der Waals surface area contributed by atoms with Gasteiger partial charge < -0.3 is 0 Å². The molecule has 342 valence electrons. The summed E-state index contributed by atoms with van der Waals surface area (Å²) in [6.07, 6.45) is 0. The molecule has 5 nitrogen and oxygen atoms in total. The third kappa shape index (κ3) is 7.36. The first-order valence-corrected chi connectivity index (χ1v) is 24.7. The summed E-state index contributed by atoms with van der Waals surface area (Å²) < 4.78 is 0. The molecule has 2 aliphatic rings. The molecular formula is C67H49N5. The Balaban J connectivity index is 0.808. The number of fused-ring (bicyclic) bond motifs is 6. The highest BCUT2D eigenvalue weighted by atomic mass is 15.0. The van der Waals surface area contributed by atoms with Crippen LogP contribution < -0.4 is 0 Å². The first kappa shape index (κ1) is 43.1. The second-order valence-corrected chi connectivity index (χ2v) is 20.1. The van der Waals surface area contributed by atoms with Crippen LogP contribution in [-0.4, -0.2) is 24.9 Å². The smallest absolute Gasteiger partial charge is 0.164 e. The zero-order valence-electron chi connectivity index (χ0n) is 40.6. The minimum Gasteiger partial charge on any atom is -0.228 e. The van der Waals surface area contributed by atoms with Crippen LogP contribution in [0.15, 0.2) is 224 Å². The Hall–Kier alpha value is -8.93. The van der Waals surface area contributed by atoms with Crippen molar-refractivity contribution >= 4 is 0 Å². The molecule has 0 unspecified atom stereocenters. The summed E-state index contributed by atoms with van der Waals surface area (Å²) in [7, 11) is 0. The van der Waals surface area contributed by atoms with Crippen LogP contribution in [0.3, 0.4) is 0 Å². The second kappa shape index (κ2) is 16.9. The number of nitrogens with zero attached hydrogens (tertiary/aromatic N) is 5. The molecule has 0 fully saturated rings. The molecule has 0 spiro atoms. The van der Waals surface area contributed by atoms with Gasteiger partial charge in [-0.2, -0.15) is 0 Å². The van der Waals surface area contributed by atoms with Gasteiger partial charge in [0.05, 0.1) is 11.4 Å². The van der Waals surface area contributed by atoms with Crippen molar-refractivity contribution in [3.63, 3.8) is 0 Å². The molecule has 2 heterocycles. The minimum absolute atomic E-state index is 0.232. The predicted octanol–water partition coefficient (Wildman–Crippen LogP) is 16.6. The van der Waals surface area contributed by atoms with Crippen molar-refractivity contribution in [1.29, 1.82) is 0 Å². The lowest BCUT2D eigenvalue weighted by atomic mass is 9.80. The normalized spacial score (nSPS) is 13.5. The Labute approximate surface area is 420 Å². The third-order valence-corrected chi connectivity index (χ3v) is 15.0. The molecule has 0 saturated heterocycles. The summed E-state index contributed by atoms with van der Waals surface area (Å²) in [5.74, 6) is 2.70. The quantitative estimate of drug-likeness (QED) is 0.152. The van der Waals surface area contributed by atoms with E-state index in [-0.39, 0.29) is 10.8 Å². The van der Waals surface area contributed by atoms with Crippen molar-refractivity contribution in [1.82, 2.24) is 24.9 Å². The minimum atomic E-state index is -0.256.